The van der Waals surface area contributed by atoms with Crippen LogP contribution in [0.3, 0.4) is 0 Å². The van der Waals surface area contributed by atoms with Crippen molar-refractivity contribution in [2.45, 2.75) is 26.2 Å². The van der Waals surface area contributed by atoms with Gasteiger partial charge in [-0.1, -0.05) is 61.6 Å². The van der Waals surface area contributed by atoms with Gasteiger partial charge >= 0.3 is 5.97 Å². The third-order valence-corrected chi connectivity index (χ3v) is 5.55. The standard InChI is InChI=1S/C21H18N2O3S/c1-12(2)18-19(14-6-4-3-5-7-14)23-15-9-8-13(11-17(24)25)10-16(15)27-21(23)22-20(18)26/h3-10,12H,11H2,1-2H3,(H,24,25). The maximum Gasteiger partial charge on any atom is 0.307 e. The Labute approximate surface area is 159 Å². The van der Waals surface area contributed by atoms with E-state index in [-0.39, 0.29) is 17.9 Å². The lowest BCUT2D eigenvalue weighted by Gasteiger charge is -2.14. The zero-order valence-electron chi connectivity index (χ0n) is 15.0. The summed E-state index contributed by atoms with van der Waals surface area (Å²) >= 11 is 1.41. The molecule has 0 amide bonds. The third-order valence-electron chi connectivity index (χ3n) is 4.54. The number of carboxylic acids is 1. The number of benzene rings is 2. The Bertz CT molecular complexity index is 1220. The van der Waals surface area contributed by atoms with Crippen molar-refractivity contribution in [1.29, 1.82) is 0 Å². The van der Waals surface area contributed by atoms with Crippen LogP contribution in [-0.2, 0) is 11.2 Å². The topological polar surface area (TPSA) is 71.7 Å². The Hall–Kier alpha value is -2.99. The molecule has 0 aliphatic carbocycles. The molecule has 2 heterocycles. The van der Waals surface area contributed by atoms with Gasteiger partial charge in [-0.15, -0.1) is 0 Å². The van der Waals surface area contributed by atoms with Crippen LogP contribution in [0.2, 0.25) is 0 Å². The lowest BCUT2D eigenvalue weighted by atomic mass is 9.98. The minimum absolute atomic E-state index is 0.0262. The minimum Gasteiger partial charge on any atom is -0.481 e. The number of aliphatic carboxylic acids is 1. The average Bonchev–Trinajstić information content (AvgIpc) is 2.97. The molecule has 0 bridgehead atoms. The van der Waals surface area contributed by atoms with Crippen LogP contribution in [0, 0.1) is 0 Å². The SMILES string of the molecule is CC(C)c1c(-c2ccccc2)n2c(nc1=O)sc1cc(CC(=O)O)ccc12. The number of fused-ring (bicyclic) bond motifs is 3. The van der Waals surface area contributed by atoms with E-state index in [1.54, 1.807) is 0 Å². The van der Waals surface area contributed by atoms with Crippen LogP contribution in [0.5, 0.6) is 0 Å². The summed E-state index contributed by atoms with van der Waals surface area (Å²) in [5.74, 6) is -0.839. The summed E-state index contributed by atoms with van der Waals surface area (Å²) in [4.78, 5) is 28.7. The maximum atomic E-state index is 12.8. The van der Waals surface area contributed by atoms with E-state index in [0.29, 0.717) is 10.5 Å². The van der Waals surface area contributed by atoms with Crippen LogP contribution >= 0.6 is 11.3 Å². The van der Waals surface area contributed by atoms with E-state index in [1.165, 1.54) is 11.3 Å². The van der Waals surface area contributed by atoms with Crippen LogP contribution in [0.15, 0.2) is 53.3 Å². The molecule has 136 valence electrons. The van der Waals surface area contributed by atoms with Gasteiger partial charge in [0.05, 0.1) is 22.3 Å². The van der Waals surface area contributed by atoms with Crippen LogP contribution in [0.4, 0.5) is 0 Å². The monoisotopic (exact) mass is 378 g/mol. The second-order valence-corrected chi connectivity index (χ2v) is 7.80. The smallest absolute Gasteiger partial charge is 0.307 e. The molecule has 4 aromatic rings. The Balaban J connectivity index is 2.12. The highest BCUT2D eigenvalue weighted by molar-refractivity contribution is 7.23. The number of aromatic nitrogens is 2. The van der Waals surface area contributed by atoms with Crippen LogP contribution in [0.1, 0.15) is 30.9 Å². The summed E-state index contributed by atoms with van der Waals surface area (Å²) in [6.07, 6.45) is -0.0299. The summed E-state index contributed by atoms with van der Waals surface area (Å²) in [6.45, 7) is 3.99. The van der Waals surface area contributed by atoms with Crippen LogP contribution < -0.4 is 5.56 Å². The van der Waals surface area contributed by atoms with Gasteiger partial charge in [-0.25, -0.2) is 0 Å². The summed E-state index contributed by atoms with van der Waals surface area (Å²) in [5, 5.41) is 9.05. The van der Waals surface area contributed by atoms with E-state index in [2.05, 4.69) is 4.98 Å². The first-order valence-corrected chi connectivity index (χ1v) is 9.52. The molecule has 0 radical (unpaired) electrons. The fraction of sp³-hybridized carbons (Fsp3) is 0.190. The quantitative estimate of drug-likeness (QED) is 0.574. The Morgan fingerprint density at radius 1 is 1.19 bits per heavy atom. The van der Waals surface area contributed by atoms with E-state index in [4.69, 9.17) is 5.11 Å². The molecule has 0 atom stereocenters. The molecule has 5 nitrogen and oxygen atoms in total. The predicted molar refractivity (Wildman–Crippen MR) is 108 cm³/mol. The van der Waals surface area contributed by atoms with E-state index in [1.807, 2.05) is 66.8 Å². The largest absolute Gasteiger partial charge is 0.481 e. The van der Waals surface area contributed by atoms with Crippen LogP contribution in [0.25, 0.3) is 26.4 Å². The molecular weight excluding hydrogens is 360 g/mol. The third kappa shape index (κ3) is 3.02. The molecule has 0 spiro atoms. The Kier molecular flexibility index (Phi) is 4.28. The molecule has 1 N–H and O–H groups in total. The predicted octanol–water partition coefficient (Wildman–Crippen LogP) is 4.33. The Morgan fingerprint density at radius 2 is 1.93 bits per heavy atom. The highest BCUT2D eigenvalue weighted by Gasteiger charge is 2.20. The van der Waals surface area contributed by atoms with Gasteiger partial charge in [0.15, 0.2) is 4.96 Å². The first kappa shape index (κ1) is 17.4. The van der Waals surface area contributed by atoms with Crippen molar-refractivity contribution in [3.05, 3.63) is 70.0 Å². The van der Waals surface area contributed by atoms with Gasteiger partial charge in [-0.05, 0) is 29.2 Å². The number of hydrogen-bond acceptors (Lipinski definition) is 4. The van der Waals surface area contributed by atoms with Crippen molar-refractivity contribution in [2.24, 2.45) is 0 Å². The van der Waals surface area contributed by atoms with Gasteiger partial charge in [0.2, 0.25) is 0 Å². The van der Waals surface area contributed by atoms with E-state index >= 15 is 0 Å². The van der Waals surface area contributed by atoms with Crippen molar-refractivity contribution in [3.8, 4) is 11.3 Å². The summed E-state index contributed by atoms with van der Waals surface area (Å²) < 4.78 is 2.94. The lowest BCUT2D eigenvalue weighted by Crippen LogP contribution is -2.18. The number of carbonyl (C=O) groups is 1. The highest BCUT2D eigenvalue weighted by atomic mass is 32.1. The molecule has 4 rings (SSSR count). The van der Waals surface area contributed by atoms with Gasteiger partial charge in [-0.3, -0.25) is 14.0 Å². The van der Waals surface area contributed by atoms with E-state index < -0.39 is 5.97 Å². The normalized spacial score (nSPS) is 11.5. The van der Waals surface area contributed by atoms with Gasteiger partial charge in [0.1, 0.15) is 0 Å². The van der Waals surface area contributed by atoms with Gasteiger partial charge < -0.3 is 5.11 Å². The first-order valence-electron chi connectivity index (χ1n) is 8.71. The molecule has 0 unspecified atom stereocenters. The van der Waals surface area contributed by atoms with Crippen molar-refractivity contribution < 1.29 is 9.90 Å². The molecule has 0 saturated heterocycles. The number of hydrogen-bond donors (Lipinski definition) is 1. The van der Waals surface area contributed by atoms with Crippen LogP contribution in [-0.4, -0.2) is 20.5 Å². The van der Waals surface area contributed by atoms with E-state index in [9.17, 15) is 9.59 Å². The van der Waals surface area contributed by atoms with Crippen molar-refractivity contribution in [1.82, 2.24) is 9.38 Å². The fourth-order valence-corrected chi connectivity index (χ4v) is 4.50. The van der Waals surface area contributed by atoms with Gasteiger partial charge in [0, 0.05) is 5.56 Å². The number of rotatable bonds is 4. The zero-order valence-corrected chi connectivity index (χ0v) is 15.8. The molecule has 27 heavy (non-hydrogen) atoms. The van der Waals surface area contributed by atoms with Crippen molar-refractivity contribution in [2.75, 3.05) is 0 Å². The molecule has 0 aliphatic rings. The molecule has 6 heteroatoms. The molecule has 0 fully saturated rings. The molecule has 0 aliphatic heterocycles. The minimum atomic E-state index is -0.866. The lowest BCUT2D eigenvalue weighted by molar-refractivity contribution is -0.136. The average molecular weight is 378 g/mol. The van der Waals surface area contributed by atoms with E-state index in [0.717, 1.165) is 27.0 Å². The number of carboxylic acid groups (broad SMARTS) is 1. The number of nitrogens with zero attached hydrogens (tertiary/aromatic N) is 2. The molecular formula is C21H18N2O3S. The highest BCUT2D eigenvalue weighted by Crippen LogP contribution is 2.34. The summed E-state index contributed by atoms with van der Waals surface area (Å²) in [5.41, 5.74) is 3.96. The fourth-order valence-electron chi connectivity index (χ4n) is 3.42. The maximum absolute atomic E-state index is 12.8. The zero-order chi connectivity index (χ0) is 19.1. The molecule has 0 saturated carbocycles. The molecule has 2 aromatic carbocycles. The van der Waals surface area contributed by atoms with Gasteiger partial charge in [-0.2, -0.15) is 4.98 Å². The molecule has 2 aromatic heterocycles. The van der Waals surface area contributed by atoms with Gasteiger partial charge in [0.25, 0.3) is 5.56 Å². The summed E-state index contributed by atoms with van der Waals surface area (Å²) in [7, 11) is 0. The summed E-state index contributed by atoms with van der Waals surface area (Å²) in [6, 6.07) is 15.5. The number of thiazole rings is 1. The first-order chi connectivity index (χ1) is 13.0. The Morgan fingerprint density at radius 3 is 2.59 bits per heavy atom. The van der Waals surface area contributed by atoms with Crippen molar-refractivity contribution in [3.63, 3.8) is 0 Å². The second-order valence-electron chi connectivity index (χ2n) is 6.79. The second kappa shape index (κ2) is 6.63. The van der Waals surface area contributed by atoms with Crippen molar-refractivity contribution >= 4 is 32.5 Å².